The molecule has 2 aliphatic heterocycles. The quantitative estimate of drug-likeness (QED) is 0.689. The highest BCUT2D eigenvalue weighted by Crippen LogP contribution is 2.30. The number of carbonyl (C=O) groups is 1. The molecule has 160 valence electrons. The summed E-state index contributed by atoms with van der Waals surface area (Å²) in [6, 6.07) is 15.9. The lowest BCUT2D eigenvalue weighted by Gasteiger charge is -2.20. The number of hydrogen-bond acceptors (Lipinski definition) is 5. The van der Waals surface area contributed by atoms with Crippen molar-refractivity contribution in [2.24, 2.45) is 0 Å². The van der Waals surface area contributed by atoms with Crippen LogP contribution in [0.1, 0.15) is 40.4 Å². The number of aryl methyl sites for hydroxylation is 3. The average molecular weight is 418 g/mol. The summed E-state index contributed by atoms with van der Waals surface area (Å²) in [5.74, 6) is 3.29. The van der Waals surface area contributed by atoms with E-state index in [9.17, 15) is 4.79 Å². The van der Waals surface area contributed by atoms with Gasteiger partial charge in [0.25, 0.3) is 5.91 Å². The zero-order valence-corrected chi connectivity index (χ0v) is 17.4. The van der Waals surface area contributed by atoms with Crippen molar-refractivity contribution in [2.45, 2.75) is 44.7 Å². The van der Waals surface area contributed by atoms with Crippen molar-refractivity contribution in [3.05, 3.63) is 71.3 Å². The van der Waals surface area contributed by atoms with Crippen LogP contribution in [0.15, 0.2) is 48.5 Å². The van der Waals surface area contributed by atoms with Gasteiger partial charge in [-0.1, -0.05) is 30.3 Å². The van der Waals surface area contributed by atoms with E-state index in [0.717, 1.165) is 50.3 Å². The number of hydrogen-bond donors (Lipinski definition) is 1. The topological polar surface area (TPSA) is 78.3 Å². The Kier molecular flexibility index (Phi) is 5.56. The lowest BCUT2D eigenvalue weighted by atomic mass is 10.1. The number of amides is 1. The van der Waals surface area contributed by atoms with Crippen LogP contribution in [0.3, 0.4) is 0 Å². The maximum absolute atomic E-state index is 12.8. The summed E-state index contributed by atoms with van der Waals surface area (Å²) >= 11 is 0. The van der Waals surface area contributed by atoms with E-state index in [-0.39, 0.29) is 11.9 Å². The molecule has 1 amide bonds. The third-order valence-electron chi connectivity index (χ3n) is 5.94. The minimum atomic E-state index is -0.0797. The van der Waals surface area contributed by atoms with Crippen molar-refractivity contribution in [1.82, 2.24) is 20.1 Å². The molecular weight excluding hydrogens is 392 g/mol. The van der Waals surface area contributed by atoms with Crippen LogP contribution < -0.4 is 14.8 Å². The number of carbonyl (C=O) groups excluding carboxylic acids is 1. The molecule has 7 heteroatoms. The zero-order chi connectivity index (χ0) is 21.0. The van der Waals surface area contributed by atoms with Gasteiger partial charge in [0.2, 0.25) is 0 Å². The normalized spacial score (nSPS) is 17.5. The molecule has 0 fully saturated rings. The molecule has 2 aromatic carbocycles. The van der Waals surface area contributed by atoms with Crippen molar-refractivity contribution < 1.29 is 14.3 Å². The Hall–Kier alpha value is -3.35. The highest BCUT2D eigenvalue weighted by molar-refractivity contribution is 5.95. The lowest BCUT2D eigenvalue weighted by molar-refractivity contribution is 0.0931. The molecule has 0 saturated carbocycles. The number of fused-ring (bicyclic) bond motifs is 2. The maximum Gasteiger partial charge on any atom is 0.251 e. The van der Waals surface area contributed by atoms with E-state index < -0.39 is 0 Å². The second-order valence-corrected chi connectivity index (χ2v) is 8.03. The fourth-order valence-corrected chi connectivity index (χ4v) is 4.23. The number of rotatable bonds is 5. The van der Waals surface area contributed by atoms with Crippen LogP contribution in [-0.2, 0) is 25.8 Å². The number of nitrogens with zero attached hydrogens (tertiary/aromatic N) is 3. The first-order chi connectivity index (χ1) is 15.3. The van der Waals surface area contributed by atoms with E-state index in [0.29, 0.717) is 30.3 Å². The highest BCUT2D eigenvalue weighted by Gasteiger charge is 2.22. The smallest absolute Gasteiger partial charge is 0.251 e. The van der Waals surface area contributed by atoms with E-state index in [1.807, 2.05) is 6.07 Å². The van der Waals surface area contributed by atoms with Gasteiger partial charge in [0.15, 0.2) is 11.5 Å². The van der Waals surface area contributed by atoms with E-state index in [1.54, 1.807) is 18.2 Å². The van der Waals surface area contributed by atoms with Crippen LogP contribution in [0.25, 0.3) is 0 Å². The van der Waals surface area contributed by atoms with Crippen LogP contribution >= 0.6 is 0 Å². The van der Waals surface area contributed by atoms with Crippen molar-refractivity contribution >= 4 is 5.91 Å². The minimum Gasteiger partial charge on any atom is -0.486 e. The first-order valence-electron chi connectivity index (χ1n) is 10.9. The van der Waals surface area contributed by atoms with Crippen molar-refractivity contribution in [3.63, 3.8) is 0 Å². The number of benzene rings is 2. The molecule has 1 atom stereocenters. The summed E-state index contributed by atoms with van der Waals surface area (Å²) in [5, 5.41) is 12.0. The molecule has 5 rings (SSSR count). The predicted molar refractivity (Wildman–Crippen MR) is 115 cm³/mol. The van der Waals surface area contributed by atoms with Gasteiger partial charge >= 0.3 is 0 Å². The van der Waals surface area contributed by atoms with Crippen molar-refractivity contribution in [2.75, 3.05) is 13.2 Å². The number of nitrogens with one attached hydrogen (secondary N) is 1. The Morgan fingerprint density at radius 3 is 2.71 bits per heavy atom. The van der Waals surface area contributed by atoms with Gasteiger partial charge in [-0.2, -0.15) is 0 Å². The summed E-state index contributed by atoms with van der Waals surface area (Å²) in [6.07, 6.45) is 4.34. The van der Waals surface area contributed by atoms with Gasteiger partial charge < -0.3 is 19.4 Å². The van der Waals surface area contributed by atoms with E-state index >= 15 is 0 Å². The Labute approximate surface area is 181 Å². The minimum absolute atomic E-state index is 0.0797. The predicted octanol–water partition coefficient (Wildman–Crippen LogP) is 2.97. The van der Waals surface area contributed by atoms with Crippen molar-refractivity contribution in [1.29, 1.82) is 0 Å². The molecule has 3 aromatic rings. The van der Waals surface area contributed by atoms with E-state index in [1.165, 1.54) is 5.56 Å². The molecule has 1 N–H and O–H groups in total. The third kappa shape index (κ3) is 4.40. The van der Waals surface area contributed by atoms with Crippen LogP contribution in [0.4, 0.5) is 0 Å². The van der Waals surface area contributed by atoms with Gasteiger partial charge in [0.1, 0.15) is 24.9 Å². The zero-order valence-electron chi connectivity index (χ0n) is 17.4. The second-order valence-electron chi connectivity index (χ2n) is 8.03. The number of ether oxygens (including phenoxy) is 2. The van der Waals surface area contributed by atoms with Crippen LogP contribution in [0.2, 0.25) is 0 Å². The second kappa shape index (κ2) is 8.79. The molecule has 0 radical (unpaired) electrons. The van der Waals surface area contributed by atoms with Crippen LogP contribution in [0, 0.1) is 0 Å². The Morgan fingerprint density at radius 1 is 1.00 bits per heavy atom. The Morgan fingerprint density at radius 2 is 1.84 bits per heavy atom. The largest absolute Gasteiger partial charge is 0.486 e. The third-order valence-corrected chi connectivity index (χ3v) is 5.94. The summed E-state index contributed by atoms with van der Waals surface area (Å²) < 4.78 is 13.4. The van der Waals surface area contributed by atoms with Gasteiger partial charge in [0, 0.05) is 31.0 Å². The standard InChI is InChI=1S/C24H26N4O3/c29-24(18-7-9-20-21(16-18)31-15-14-30-20)25-19-8-11-23-27-26-22(28(23)13-12-19)10-6-17-4-2-1-3-5-17/h1-5,7,9,16,19H,6,8,10-15H2,(H,25,29). The molecule has 0 spiro atoms. The molecule has 2 aliphatic rings. The molecule has 0 bridgehead atoms. The summed E-state index contributed by atoms with van der Waals surface area (Å²) in [5.41, 5.74) is 1.90. The maximum atomic E-state index is 12.8. The van der Waals surface area contributed by atoms with Gasteiger partial charge in [0.05, 0.1) is 0 Å². The number of aromatic nitrogens is 3. The fourth-order valence-electron chi connectivity index (χ4n) is 4.23. The Bertz CT molecular complexity index is 1060. The average Bonchev–Trinajstić information content (AvgIpc) is 3.10. The molecule has 7 nitrogen and oxygen atoms in total. The van der Waals surface area contributed by atoms with E-state index in [4.69, 9.17) is 9.47 Å². The van der Waals surface area contributed by atoms with Crippen LogP contribution in [-0.4, -0.2) is 39.9 Å². The molecule has 3 heterocycles. The van der Waals surface area contributed by atoms with Gasteiger partial charge in [-0.05, 0) is 43.0 Å². The van der Waals surface area contributed by atoms with E-state index in [2.05, 4.69) is 44.3 Å². The molecule has 0 aliphatic carbocycles. The van der Waals surface area contributed by atoms with Gasteiger partial charge in [-0.25, -0.2) is 0 Å². The first-order valence-corrected chi connectivity index (χ1v) is 10.9. The molecular formula is C24H26N4O3. The van der Waals surface area contributed by atoms with Gasteiger partial charge in [-0.3, -0.25) is 4.79 Å². The molecule has 1 aromatic heterocycles. The van der Waals surface area contributed by atoms with Crippen LogP contribution in [0.5, 0.6) is 11.5 Å². The molecule has 0 saturated heterocycles. The summed E-state index contributed by atoms with van der Waals surface area (Å²) in [6.45, 7) is 1.86. The Balaban J connectivity index is 1.20. The lowest BCUT2D eigenvalue weighted by Crippen LogP contribution is -2.35. The molecule has 1 unspecified atom stereocenters. The van der Waals surface area contributed by atoms with Gasteiger partial charge in [-0.15, -0.1) is 10.2 Å². The van der Waals surface area contributed by atoms with Crippen molar-refractivity contribution in [3.8, 4) is 11.5 Å². The monoisotopic (exact) mass is 418 g/mol. The highest BCUT2D eigenvalue weighted by atomic mass is 16.6. The first kappa shape index (κ1) is 19.6. The summed E-state index contributed by atoms with van der Waals surface area (Å²) in [7, 11) is 0. The SMILES string of the molecule is O=C(NC1CCc2nnc(CCc3ccccc3)n2CC1)c1ccc2c(c1)OCCO2. The molecule has 31 heavy (non-hydrogen) atoms. The summed E-state index contributed by atoms with van der Waals surface area (Å²) in [4.78, 5) is 12.8. The fraction of sp³-hybridized carbons (Fsp3) is 0.375.